The Kier molecular flexibility index (Phi) is 13.6. The van der Waals surface area contributed by atoms with Crippen LogP contribution >= 0.6 is 0 Å². The summed E-state index contributed by atoms with van der Waals surface area (Å²) in [4.78, 5) is 42.5. The van der Waals surface area contributed by atoms with Gasteiger partial charge < -0.3 is 20.3 Å². The van der Waals surface area contributed by atoms with Crippen LogP contribution in [0.4, 0.5) is 4.79 Å². The van der Waals surface area contributed by atoms with Gasteiger partial charge in [0.15, 0.2) is 0 Å². The number of amides is 3. The number of nitrogens with zero attached hydrogens (tertiary/aromatic N) is 1. The second-order valence-corrected chi connectivity index (χ2v) is 12.4. The topological polar surface area (TPSA) is 87.7 Å². The SMILES string of the molecule is C#Cc1ccc(C(C(=O)NC(C)(C)C)N(CCCCCCC)C(=O)C(NC(=O)OC(C)(C)C)C(C)CC)cc1. The van der Waals surface area contributed by atoms with Gasteiger partial charge in [0.05, 0.1) is 0 Å². The van der Waals surface area contributed by atoms with Crippen LogP contribution in [0.2, 0.25) is 0 Å². The predicted molar refractivity (Wildman–Crippen MR) is 158 cm³/mol. The van der Waals surface area contributed by atoms with Crippen LogP contribution in [0.15, 0.2) is 24.3 Å². The largest absolute Gasteiger partial charge is 0.444 e. The number of hydrogen-bond acceptors (Lipinski definition) is 4. The van der Waals surface area contributed by atoms with Crippen molar-refractivity contribution in [3.63, 3.8) is 0 Å². The zero-order valence-electron chi connectivity index (χ0n) is 25.6. The number of carbonyl (C=O) groups excluding carboxylic acids is 3. The van der Waals surface area contributed by atoms with Gasteiger partial charge in [0, 0.05) is 17.6 Å². The Balaban J connectivity index is 3.56. The van der Waals surface area contributed by atoms with E-state index in [0.717, 1.165) is 32.1 Å². The van der Waals surface area contributed by atoms with Gasteiger partial charge in [-0.2, -0.15) is 0 Å². The lowest BCUT2D eigenvalue weighted by molar-refractivity contribution is -0.144. The predicted octanol–water partition coefficient (Wildman–Crippen LogP) is 6.36. The average Bonchev–Trinajstić information content (AvgIpc) is 2.83. The van der Waals surface area contributed by atoms with Crippen LogP contribution < -0.4 is 10.6 Å². The molecule has 0 radical (unpaired) electrons. The first-order valence-electron chi connectivity index (χ1n) is 14.3. The van der Waals surface area contributed by atoms with Crippen LogP contribution in [0.1, 0.15) is 118 Å². The molecule has 3 atom stereocenters. The number of nitrogens with one attached hydrogen (secondary N) is 2. The van der Waals surface area contributed by atoms with E-state index in [0.29, 0.717) is 24.1 Å². The van der Waals surface area contributed by atoms with Crippen molar-refractivity contribution in [2.75, 3.05) is 6.54 Å². The van der Waals surface area contributed by atoms with Crippen molar-refractivity contribution in [3.8, 4) is 12.3 Å². The molecular weight excluding hydrogens is 490 g/mol. The first-order valence-corrected chi connectivity index (χ1v) is 14.3. The van der Waals surface area contributed by atoms with Crippen molar-refractivity contribution in [2.45, 2.75) is 124 Å². The smallest absolute Gasteiger partial charge is 0.408 e. The van der Waals surface area contributed by atoms with E-state index < -0.39 is 29.3 Å². The summed E-state index contributed by atoms with van der Waals surface area (Å²) in [5.74, 6) is 1.84. The first-order chi connectivity index (χ1) is 18.1. The van der Waals surface area contributed by atoms with Crippen LogP contribution in [0.5, 0.6) is 0 Å². The molecule has 0 saturated carbocycles. The van der Waals surface area contributed by atoms with Gasteiger partial charge in [-0.15, -0.1) is 6.42 Å². The molecule has 0 spiro atoms. The highest BCUT2D eigenvalue weighted by molar-refractivity contribution is 5.92. The van der Waals surface area contributed by atoms with Gasteiger partial charge in [-0.05, 0) is 71.6 Å². The molecule has 0 aliphatic heterocycles. The molecule has 0 saturated heterocycles. The fraction of sp³-hybridized carbons (Fsp3) is 0.656. The summed E-state index contributed by atoms with van der Waals surface area (Å²) in [6.07, 6.45) is 10.5. The highest BCUT2D eigenvalue weighted by atomic mass is 16.6. The van der Waals surface area contributed by atoms with Crippen molar-refractivity contribution >= 4 is 17.9 Å². The van der Waals surface area contributed by atoms with Crippen molar-refractivity contribution in [1.82, 2.24) is 15.5 Å². The number of alkyl carbamates (subject to hydrolysis) is 1. The molecule has 1 aromatic carbocycles. The molecule has 39 heavy (non-hydrogen) atoms. The third kappa shape index (κ3) is 12.1. The number of hydrogen-bond donors (Lipinski definition) is 2. The van der Waals surface area contributed by atoms with Crippen LogP contribution in [-0.4, -0.2) is 46.5 Å². The maximum Gasteiger partial charge on any atom is 0.408 e. The lowest BCUT2D eigenvalue weighted by atomic mass is 9.94. The molecule has 0 heterocycles. The number of carbonyl (C=O) groups is 3. The second-order valence-electron chi connectivity index (χ2n) is 12.4. The molecule has 3 amide bonds. The number of benzene rings is 1. The monoisotopic (exact) mass is 541 g/mol. The Morgan fingerprint density at radius 1 is 0.974 bits per heavy atom. The van der Waals surface area contributed by atoms with Gasteiger partial charge in [0.1, 0.15) is 17.7 Å². The van der Waals surface area contributed by atoms with E-state index >= 15 is 0 Å². The van der Waals surface area contributed by atoms with E-state index in [2.05, 4.69) is 23.5 Å². The fourth-order valence-corrected chi connectivity index (χ4v) is 4.22. The van der Waals surface area contributed by atoms with E-state index in [1.165, 1.54) is 0 Å². The summed E-state index contributed by atoms with van der Waals surface area (Å²) in [5, 5.41) is 5.88. The quantitative estimate of drug-likeness (QED) is 0.225. The maximum absolute atomic E-state index is 14.3. The summed E-state index contributed by atoms with van der Waals surface area (Å²) in [6, 6.07) is 5.43. The Morgan fingerprint density at radius 3 is 2.05 bits per heavy atom. The van der Waals surface area contributed by atoms with Gasteiger partial charge in [0.25, 0.3) is 0 Å². The minimum absolute atomic E-state index is 0.178. The molecular formula is C32H51N3O4. The lowest BCUT2D eigenvalue weighted by Gasteiger charge is -2.37. The number of unbranched alkanes of at least 4 members (excludes halogenated alkanes) is 4. The summed E-state index contributed by atoms with van der Waals surface area (Å²) >= 11 is 0. The average molecular weight is 542 g/mol. The fourth-order valence-electron chi connectivity index (χ4n) is 4.22. The minimum atomic E-state index is -0.887. The lowest BCUT2D eigenvalue weighted by Crippen LogP contribution is -2.56. The van der Waals surface area contributed by atoms with Gasteiger partial charge in [-0.25, -0.2) is 4.79 Å². The zero-order chi connectivity index (χ0) is 29.8. The molecule has 7 heteroatoms. The van der Waals surface area contributed by atoms with Gasteiger partial charge >= 0.3 is 6.09 Å². The molecule has 3 unspecified atom stereocenters. The molecule has 2 N–H and O–H groups in total. The van der Waals surface area contributed by atoms with E-state index in [9.17, 15) is 14.4 Å². The van der Waals surface area contributed by atoms with E-state index in [1.807, 2.05) is 34.6 Å². The summed E-state index contributed by atoms with van der Waals surface area (Å²) in [5.41, 5.74) is 0.141. The molecule has 0 aliphatic rings. The highest BCUT2D eigenvalue weighted by Gasteiger charge is 2.38. The van der Waals surface area contributed by atoms with Crippen molar-refractivity contribution in [2.24, 2.45) is 5.92 Å². The van der Waals surface area contributed by atoms with Gasteiger partial charge in [-0.1, -0.05) is 70.9 Å². The number of terminal acetylenes is 1. The van der Waals surface area contributed by atoms with Gasteiger partial charge in [0.2, 0.25) is 11.8 Å². The van der Waals surface area contributed by atoms with Crippen molar-refractivity contribution in [1.29, 1.82) is 0 Å². The first kappa shape index (κ1) is 34.0. The van der Waals surface area contributed by atoms with E-state index in [1.54, 1.807) is 49.9 Å². The van der Waals surface area contributed by atoms with E-state index in [-0.39, 0.29) is 17.7 Å². The molecule has 1 aromatic rings. The Morgan fingerprint density at radius 2 is 1.56 bits per heavy atom. The molecule has 1 rings (SSSR count). The molecule has 218 valence electrons. The molecule has 0 aromatic heterocycles. The van der Waals surface area contributed by atoms with Crippen LogP contribution in [0.25, 0.3) is 0 Å². The van der Waals surface area contributed by atoms with Crippen LogP contribution in [-0.2, 0) is 14.3 Å². The highest BCUT2D eigenvalue weighted by Crippen LogP contribution is 2.26. The summed E-state index contributed by atoms with van der Waals surface area (Å²) < 4.78 is 5.48. The minimum Gasteiger partial charge on any atom is -0.444 e. The third-order valence-electron chi connectivity index (χ3n) is 6.39. The molecule has 0 fully saturated rings. The zero-order valence-corrected chi connectivity index (χ0v) is 25.6. The maximum atomic E-state index is 14.3. The van der Waals surface area contributed by atoms with Gasteiger partial charge in [-0.3, -0.25) is 9.59 Å². The van der Waals surface area contributed by atoms with Crippen molar-refractivity contribution < 1.29 is 19.1 Å². The van der Waals surface area contributed by atoms with Crippen LogP contribution in [0.3, 0.4) is 0 Å². The normalized spacial score (nSPS) is 13.9. The Bertz CT molecular complexity index is 967. The Labute approximate surface area is 236 Å². The standard InChI is InChI=1S/C32H51N3O4/c1-11-14-15-16-17-22-35(29(37)26(23(4)12-2)33-30(38)39-32(8,9)10)27(28(36)34-31(5,6)7)25-20-18-24(13-3)19-21-25/h3,18-21,23,26-27H,11-12,14-17,22H2,1-2,4-10H3,(H,33,38)(H,34,36). The number of ether oxygens (including phenoxy) is 1. The van der Waals surface area contributed by atoms with E-state index in [4.69, 9.17) is 11.2 Å². The summed E-state index contributed by atoms with van der Waals surface area (Å²) in [6.45, 7) is 17.5. The molecule has 7 nitrogen and oxygen atoms in total. The molecule has 0 bridgehead atoms. The Hall–Kier alpha value is -3.01. The third-order valence-corrected chi connectivity index (χ3v) is 6.39. The van der Waals surface area contributed by atoms with Crippen molar-refractivity contribution in [3.05, 3.63) is 35.4 Å². The molecule has 0 aliphatic carbocycles. The number of rotatable bonds is 13. The summed E-state index contributed by atoms with van der Waals surface area (Å²) in [7, 11) is 0. The second kappa shape index (κ2) is 15.5. The van der Waals surface area contributed by atoms with Crippen LogP contribution in [0, 0.1) is 18.3 Å².